The van der Waals surface area contributed by atoms with Crippen LogP contribution >= 0.6 is 11.3 Å². The summed E-state index contributed by atoms with van der Waals surface area (Å²) in [6.07, 6.45) is 1.75. The summed E-state index contributed by atoms with van der Waals surface area (Å²) in [5.74, 6) is 0.336. The SMILES string of the molecule is CCN(Cc1ccccn1)C(=O)NCC(C)c1cccs1. The molecule has 0 fully saturated rings. The Kier molecular flexibility index (Phi) is 5.75. The maximum atomic E-state index is 12.2. The van der Waals surface area contributed by atoms with Crippen molar-refractivity contribution in [1.29, 1.82) is 0 Å². The molecule has 5 heteroatoms. The van der Waals surface area contributed by atoms with Crippen LogP contribution in [0.25, 0.3) is 0 Å². The van der Waals surface area contributed by atoms with E-state index in [4.69, 9.17) is 0 Å². The van der Waals surface area contributed by atoms with E-state index in [-0.39, 0.29) is 6.03 Å². The topological polar surface area (TPSA) is 45.2 Å². The van der Waals surface area contributed by atoms with Crippen molar-refractivity contribution in [2.75, 3.05) is 13.1 Å². The van der Waals surface area contributed by atoms with Crippen molar-refractivity contribution in [2.24, 2.45) is 0 Å². The average Bonchev–Trinajstić information content (AvgIpc) is 3.05. The van der Waals surface area contributed by atoms with Crippen LogP contribution in [0.5, 0.6) is 0 Å². The fourth-order valence-corrected chi connectivity index (χ4v) is 2.83. The van der Waals surface area contributed by atoms with Gasteiger partial charge in [-0.25, -0.2) is 4.79 Å². The van der Waals surface area contributed by atoms with E-state index in [0.29, 0.717) is 25.6 Å². The molecule has 1 unspecified atom stereocenters. The van der Waals surface area contributed by atoms with E-state index < -0.39 is 0 Å². The normalized spacial score (nSPS) is 11.9. The molecule has 0 spiro atoms. The Labute approximate surface area is 129 Å². The number of amides is 2. The Morgan fingerprint density at radius 1 is 1.38 bits per heavy atom. The molecule has 2 aromatic rings. The number of urea groups is 1. The van der Waals surface area contributed by atoms with E-state index in [2.05, 4.69) is 28.7 Å². The quantitative estimate of drug-likeness (QED) is 0.888. The van der Waals surface area contributed by atoms with Gasteiger partial charge in [0.25, 0.3) is 0 Å². The standard InChI is InChI=1S/C16H21N3OS/c1-3-19(12-14-7-4-5-9-17-14)16(20)18-11-13(2)15-8-6-10-21-15/h4-10,13H,3,11-12H2,1-2H3,(H,18,20). The molecule has 112 valence electrons. The van der Waals surface area contributed by atoms with Gasteiger partial charge in [-0.05, 0) is 30.5 Å². The monoisotopic (exact) mass is 303 g/mol. The molecule has 2 amide bonds. The van der Waals surface area contributed by atoms with E-state index >= 15 is 0 Å². The highest BCUT2D eigenvalue weighted by atomic mass is 32.1. The molecule has 0 aliphatic rings. The Morgan fingerprint density at radius 3 is 2.86 bits per heavy atom. The highest BCUT2D eigenvalue weighted by Crippen LogP contribution is 2.19. The third kappa shape index (κ3) is 4.56. The first kappa shape index (κ1) is 15.5. The summed E-state index contributed by atoms with van der Waals surface area (Å²) in [5, 5.41) is 5.07. The van der Waals surface area contributed by atoms with Gasteiger partial charge in [-0.2, -0.15) is 0 Å². The summed E-state index contributed by atoms with van der Waals surface area (Å²) in [6, 6.07) is 9.86. The molecular weight excluding hydrogens is 282 g/mol. The van der Waals surface area contributed by atoms with Crippen molar-refractivity contribution in [3.05, 3.63) is 52.5 Å². The predicted octanol–water partition coefficient (Wildman–Crippen LogP) is 3.48. The molecule has 0 saturated heterocycles. The van der Waals surface area contributed by atoms with Crippen LogP contribution in [0.4, 0.5) is 4.79 Å². The van der Waals surface area contributed by atoms with E-state index in [0.717, 1.165) is 5.69 Å². The van der Waals surface area contributed by atoms with E-state index in [1.807, 2.05) is 31.2 Å². The largest absolute Gasteiger partial charge is 0.337 e. The second kappa shape index (κ2) is 7.78. The Balaban J connectivity index is 1.85. The van der Waals surface area contributed by atoms with E-state index in [1.54, 1.807) is 22.4 Å². The van der Waals surface area contributed by atoms with Gasteiger partial charge in [-0.3, -0.25) is 4.98 Å². The maximum absolute atomic E-state index is 12.2. The molecule has 0 aliphatic carbocycles. The van der Waals surface area contributed by atoms with Crippen LogP contribution in [0, 0.1) is 0 Å². The lowest BCUT2D eigenvalue weighted by molar-refractivity contribution is 0.197. The number of hydrogen-bond donors (Lipinski definition) is 1. The van der Waals surface area contributed by atoms with Crippen LogP contribution in [-0.4, -0.2) is 29.0 Å². The van der Waals surface area contributed by atoms with Gasteiger partial charge < -0.3 is 10.2 Å². The molecule has 0 radical (unpaired) electrons. The number of nitrogens with zero attached hydrogens (tertiary/aromatic N) is 2. The lowest BCUT2D eigenvalue weighted by Gasteiger charge is -2.22. The number of pyridine rings is 1. The van der Waals surface area contributed by atoms with Crippen LogP contribution in [0.15, 0.2) is 41.9 Å². The minimum Gasteiger partial charge on any atom is -0.337 e. The maximum Gasteiger partial charge on any atom is 0.317 e. The molecule has 0 saturated carbocycles. The average molecular weight is 303 g/mol. The van der Waals surface area contributed by atoms with Crippen LogP contribution in [0.2, 0.25) is 0 Å². The van der Waals surface area contributed by atoms with Crippen LogP contribution in [0.3, 0.4) is 0 Å². The summed E-state index contributed by atoms with van der Waals surface area (Å²) in [4.78, 5) is 19.6. The Hall–Kier alpha value is -1.88. The lowest BCUT2D eigenvalue weighted by Crippen LogP contribution is -2.40. The number of carbonyl (C=O) groups is 1. The molecule has 4 nitrogen and oxygen atoms in total. The third-order valence-corrected chi connectivity index (χ3v) is 4.44. The smallest absolute Gasteiger partial charge is 0.317 e. The molecule has 0 bridgehead atoms. The van der Waals surface area contributed by atoms with Gasteiger partial charge in [0, 0.05) is 30.1 Å². The van der Waals surface area contributed by atoms with Crippen molar-refractivity contribution in [3.63, 3.8) is 0 Å². The van der Waals surface area contributed by atoms with Crippen LogP contribution in [-0.2, 0) is 6.54 Å². The zero-order valence-corrected chi connectivity index (χ0v) is 13.3. The van der Waals surface area contributed by atoms with Gasteiger partial charge in [0.05, 0.1) is 12.2 Å². The summed E-state index contributed by atoms with van der Waals surface area (Å²) < 4.78 is 0. The molecule has 0 aliphatic heterocycles. The number of nitrogens with one attached hydrogen (secondary N) is 1. The lowest BCUT2D eigenvalue weighted by atomic mass is 10.1. The summed E-state index contributed by atoms with van der Waals surface area (Å²) in [7, 11) is 0. The number of rotatable bonds is 6. The van der Waals surface area contributed by atoms with Gasteiger partial charge in [0.2, 0.25) is 0 Å². The third-order valence-electron chi connectivity index (χ3n) is 3.34. The molecule has 0 aromatic carbocycles. The zero-order chi connectivity index (χ0) is 15.1. The number of hydrogen-bond acceptors (Lipinski definition) is 3. The predicted molar refractivity (Wildman–Crippen MR) is 86.5 cm³/mol. The van der Waals surface area contributed by atoms with Gasteiger partial charge in [-0.15, -0.1) is 11.3 Å². The summed E-state index contributed by atoms with van der Waals surface area (Å²) >= 11 is 1.72. The van der Waals surface area contributed by atoms with Gasteiger partial charge >= 0.3 is 6.03 Å². The van der Waals surface area contributed by atoms with E-state index in [1.165, 1.54) is 4.88 Å². The first-order chi connectivity index (χ1) is 10.2. The Morgan fingerprint density at radius 2 is 2.24 bits per heavy atom. The number of carbonyl (C=O) groups excluding carboxylic acids is 1. The molecule has 2 aromatic heterocycles. The Bertz CT molecular complexity index is 542. The molecule has 2 heterocycles. The van der Waals surface area contributed by atoms with Crippen molar-refractivity contribution in [3.8, 4) is 0 Å². The first-order valence-corrected chi connectivity index (χ1v) is 8.04. The first-order valence-electron chi connectivity index (χ1n) is 7.16. The minimum atomic E-state index is -0.0356. The van der Waals surface area contributed by atoms with E-state index in [9.17, 15) is 4.79 Å². The second-order valence-electron chi connectivity index (χ2n) is 4.94. The molecule has 1 atom stereocenters. The highest BCUT2D eigenvalue weighted by molar-refractivity contribution is 7.10. The summed E-state index contributed by atoms with van der Waals surface area (Å²) in [6.45, 7) is 5.96. The molecule has 1 N–H and O–H groups in total. The number of aromatic nitrogens is 1. The zero-order valence-electron chi connectivity index (χ0n) is 12.5. The highest BCUT2D eigenvalue weighted by Gasteiger charge is 2.14. The second-order valence-corrected chi connectivity index (χ2v) is 5.92. The van der Waals surface area contributed by atoms with Crippen molar-refractivity contribution in [1.82, 2.24) is 15.2 Å². The number of thiophene rings is 1. The molecule has 2 rings (SSSR count). The molecular formula is C16H21N3OS. The van der Waals surface area contributed by atoms with Crippen LogP contribution in [0.1, 0.15) is 30.3 Å². The van der Waals surface area contributed by atoms with Crippen molar-refractivity contribution in [2.45, 2.75) is 26.3 Å². The van der Waals surface area contributed by atoms with Gasteiger partial charge in [-0.1, -0.05) is 19.1 Å². The van der Waals surface area contributed by atoms with Gasteiger partial charge in [0.1, 0.15) is 0 Å². The van der Waals surface area contributed by atoms with Crippen LogP contribution < -0.4 is 5.32 Å². The van der Waals surface area contributed by atoms with Gasteiger partial charge in [0.15, 0.2) is 0 Å². The molecule has 21 heavy (non-hydrogen) atoms. The minimum absolute atomic E-state index is 0.0356. The fourth-order valence-electron chi connectivity index (χ4n) is 2.04. The summed E-state index contributed by atoms with van der Waals surface area (Å²) in [5.41, 5.74) is 0.904. The van der Waals surface area contributed by atoms with Crippen molar-refractivity contribution >= 4 is 17.4 Å². The fraction of sp³-hybridized carbons (Fsp3) is 0.375. The van der Waals surface area contributed by atoms with Crippen molar-refractivity contribution < 1.29 is 4.79 Å².